The van der Waals surface area contributed by atoms with Gasteiger partial charge in [-0.2, -0.15) is 0 Å². The summed E-state index contributed by atoms with van der Waals surface area (Å²) in [6.07, 6.45) is 7.07. The summed E-state index contributed by atoms with van der Waals surface area (Å²) >= 11 is 0. The van der Waals surface area contributed by atoms with Crippen LogP contribution in [0.5, 0.6) is 0 Å². The van der Waals surface area contributed by atoms with Gasteiger partial charge in [-0.05, 0) is 51.5 Å². The molecule has 0 amide bonds. The minimum absolute atomic E-state index is 0.444. The van der Waals surface area contributed by atoms with Gasteiger partial charge in [0.25, 0.3) is 0 Å². The molecule has 1 aromatic rings. The molecule has 1 fully saturated rings. The van der Waals surface area contributed by atoms with E-state index >= 15 is 0 Å². The van der Waals surface area contributed by atoms with Gasteiger partial charge in [-0.15, -0.1) is 0 Å². The van der Waals surface area contributed by atoms with Gasteiger partial charge in [0.15, 0.2) is 0 Å². The molecule has 0 aliphatic heterocycles. The summed E-state index contributed by atoms with van der Waals surface area (Å²) in [6, 6.07) is 1.15. The van der Waals surface area contributed by atoms with Crippen LogP contribution in [0, 0.1) is 19.3 Å². The van der Waals surface area contributed by atoms with E-state index < -0.39 is 0 Å². The predicted molar refractivity (Wildman–Crippen MR) is 80.5 cm³/mol. The monoisotopic (exact) mass is 263 g/mol. The van der Waals surface area contributed by atoms with Crippen LogP contribution in [-0.2, 0) is 0 Å². The van der Waals surface area contributed by atoms with Gasteiger partial charge in [-0.3, -0.25) is 0 Å². The van der Waals surface area contributed by atoms with E-state index in [0.29, 0.717) is 17.5 Å². The fourth-order valence-electron chi connectivity index (χ4n) is 3.26. The zero-order valence-corrected chi connectivity index (χ0v) is 13.2. The van der Waals surface area contributed by atoms with Crippen LogP contribution < -0.4 is 5.32 Å². The van der Waals surface area contributed by atoms with Crippen LogP contribution in [0.4, 0.5) is 0 Å². The number of nitrogens with one attached hydrogen (secondary N) is 1. The fraction of sp³-hybridized carbons (Fsp3) is 0.812. The molecule has 1 aliphatic carbocycles. The van der Waals surface area contributed by atoms with Crippen LogP contribution >= 0.6 is 0 Å². The molecule has 1 aromatic heterocycles. The molecular formula is C16H29N3. The first-order chi connectivity index (χ1) is 8.94. The molecular weight excluding hydrogens is 234 g/mol. The van der Waals surface area contributed by atoms with E-state index in [1.807, 2.05) is 6.33 Å². The van der Waals surface area contributed by atoms with E-state index in [1.165, 1.54) is 31.4 Å². The molecule has 3 nitrogen and oxygen atoms in total. The van der Waals surface area contributed by atoms with Crippen LogP contribution in [0.3, 0.4) is 0 Å². The van der Waals surface area contributed by atoms with E-state index in [4.69, 9.17) is 0 Å². The Morgan fingerprint density at radius 2 is 2.16 bits per heavy atom. The number of nitrogens with zero attached hydrogens (tertiary/aromatic N) is 2. The summed E-state index contributed by atoms with van der Waals surface area (Å²) in [6.45, 7) is 12.5. The maximum absolute atomic E-state index is 4.49. The van der Waals surface area contributed by atoms with Crippen molar-refractivity contribution in [2.75, 3.05) is 6.54 Å². The minimum Gasteiger partial charge on any atom is -0.330 e. The third-order valence-corrected chi connectivity index (χ3v) is 4.66. The summed E-state index contributed by atoms with van der Waals surface area (Å²) in [4.78, 5) is 4.49. The number of hydrogen-bond acceptors (Lipinski definition) is 2. The zero-order chi connectivity index (χ0) is 14.0. The second-order valence-electron chi connectivity index (χ2n) is 6.86. The summed E-state index contributed by atoms with van der Waals surface area (Å²) in [5, 5.41) is 3.75. The van der Waals surface area contributed by atoms with Crippen LogP contribution in [0.1, 0.15) is 63.9 Å². The Hall–Kier alpha value is -0.830. The average molecular weight is 263 g/mol. The highest BCUT2D eigenvalue weighted by molar-refractivity contribution is 5.11. The van der Waals surface area contributed by atoms with Crippen molar-refractivity contribution in [1.82, 2.24) is 14.9 Å². The normalized spacial score (nSPS) is 26.6. The molecule has 1 heterocycles. The minimum atomic E-state index is 0.444. The van der Waals surface area contributed by atoms with Crippen LogP contribution in [-0.4, -0.2) is 22.1 Å². The Bertz CT molecular complexity index is 420. The van der Waals surface area contributed by atoms with E-state index in [2.05, 4.69) is 49.5 Å². The molecule has 1 saturated carbocycles. The lowest BCUT2D eigenvalue weighted by atomic mass is 9.72. The molecule has 0 bridgehead atoms. The Labute approximate surface area is 117 Å². The highest BCUT2D eigenvalue weighted by Gasteiger charge is 2.36. The summed E-state index contributed by atoms with van der Waals surface area (Å²) < 4.78 is 2.41. The fourth-order valence-corrected chi connectivity index (χ4v) is 3.26. The van der Waals surface area contributed by atoms with Crippen molar-refractivity contribution < 1.29 is 0 Å². The third-order valence-electron chi connectivity index (χ3n) is 4.66. The molecule has 1 N–H and O–H groups in total. The van der Waals surface area contributed by atoms with E-state index in [0.717, 1.165) is 12.2 Å². The van der Waals surface area contributed by atoms with Gasteiger partial charge in [0, 0.05) is 11.7 Å². The van der Waals surface area contributed by atoms with Gasteiger partial charge in [-0.25, -0.2) is 4.98 Å². The molecule has 0 aromatic carbocycles. The molecule has 1 aliphatic rings. The van der Waals surface area contributed by atoms with Crippen molar-refractivity contribution in [2.45, 2.75) is 72.4 Å². The maximum Gasteiger partial charge on any atom is 0.0954 e. The summed E-state index contributed by atoms with van der Waals surface area (Å²) in [5.74, 6) is 0. The van der Waals surface area contributed by atoms with Gasteiger partial charge in [0.05, 0.1) is 18.1 Å². The molecule has 3 heteroatoms. The zero-order valence-electron chi connectivity index (χ0n) is 13.2. The molecule has 0 saturated heterocycles. The van der Waals surface area contributed by atoms with Crippen LogP contribution in [0.2, 0.25) is 0 Å². The van der Waals surface area contributed by atoms with Gasteiger partial charge >= 0.3 is 0 Å². The van der Waals surface area contributed by atoms with Crippen molar-refractivity contribution in [1.29, 1.82) is 0 Å². The second kappa shape index (κ2) is 5.66. The van der Waals surface area contributed by atoms with Gasteiger partial charge in [-0.1, -0.05) is 20.8 Å². The second-order valence-corrected chi connectivity index (χ2v) is 6.86. The Morgan fingerprint density at radius 1 is 1.42 bits per heavy atom. The predicted octanol–water partition coefficient (Wildman–Crippen LogP) is 3.62. The van der Waals surface area contributed by atoms with Gasteiger partial charge < -0.3 is 9.88 Å². The first-order valence-corrected chi connectivity index (χ1v) is 7.68. The lowest BCUT2D eigenvalue weighted by Crippen LogP contribution is -2.44. The van der Waals surface area contributed by atoms with E-state index in [9.17, 15) is 0 Å². The van der Waals surface area contributed by atoms with Crippen molar-refractivity contribution in [3.8, 4) is 0 Å². The van der Waals surface area contributed by atoms with Crippen molar-refractivity contribution in [2.24, 2.45) is 5.41 Å². The van der Waals surface area contributed by atoms with Gasteiger partial charge in [0.1, 0.15) is 0 Å². The largest absolute Gasteiger partial charge is 0.330 e. The lowest BCUT2D eigenvalue weighted by Gasteiger charge is -2.42. The van der Waals surface area contributed by atoms with Crippen molar-refractivity contribution in [3.63, 3.8) is 0 Å². The molecule has 2 atom stereocenters. The smallest absolute Gasteiger partial charge is 0.0954 e. The highest BCUT2D eigenvalue weighted by atomic mass is 15.1. The average Bonchev–Trinajstić information content (AvgIpc) is 2.68. The summed E-state index contributed by atoms with van der Waals surface area (Å²) in [5.41, 5.74) is 2.93. The lowest BCUT2D eigenvalue weighted by molar-refractivity contribution is 0.141. The van der Waals surface area contributed by atoms with Crippen LogP contribution in [0.15, 0.2) is 6.33 Å². The molecule has 2 rings (SSSR count). The van der Waals surface area contributed by atoms with Gasteiger partial charge in [0.2, 0.25) is 0 Å². The molecule has 0 radical (unpaired) electrons. The number of aromatic nitrogens is 2. The van der Waals surface area contributed by atoms with E-state index in [1.54, 1.807) is 0 Å². The van der Waals surface area contributed by atoms with Crippen molar-refractivity contribution in [3.05, 3.63) is 17.7 Å². The molecule has 108 valence electrons. The standard InChI is InChI=1S/C16H29N3/c1-6-9-17-14-7-8-16(4,5)10-15(14)19-11-18-12(2)13(19)3/h11,14-15,17H,6-10H2,1-5H3. The van der Waals surface area contributed by atoms with E-state index in [-0.39, 0.29) is 0 Å². The number of rotatable bonds is 4. The molecule has 2 unspecified atom stereocenters. The third kappa shape index (κ3) is 3.19. The highest BCUT2D eigenvalue weighted by Crippen LogP contribution is 2.41. The number of hydrogen-bond donors (Lipinski definition) is 1. The first-order valence-electron chi connectivity index (χ1n) is 7.68. The SMILES string of the molecule is CCCNC1CCC(C)(C)CC1n1cnc(C)c1C. The quantitative estimate of drug-likeness (QED) is 0.899. The first kappa shape index (κ1) is 14.6. The molecule has 0 spiro atoms. The number of imidazole rings is 1. The number of aryl methyl sites for hydroxylation is 1. The van der Waals surface area contributed by atoms with Crippen LogP contribution in [0.25, 0.3) is 0 Å². The Morgan fingerprint density at radius 3 is 2.74 bits per heavy atom. The molecule has 19 heavy (non-hydrogen) atoms. The topological polar surface area (TPSA) is 29.9 Å². The maximum atomic E-state index is 4.49. The summed E-state index contributed by atoms with van der Waals surface area (Å²) in [7, 11) is 0. The Kier molecular flexibility index (Phi) is 4.34. The van der Waals surface area contributed by atoms with Crippen molar-refractivity contribution >= 4 is 0 Å². The Balaban J connectivity index is 2.22.